The van der Waals surface area contributed by atoms with Crippen molar-refractivity contribution in [2.45, 2.75) is 33.3 Å². The van der Waals surface area contributed by atoms with Gasteiger partial charge in [-0.2, -0.15) is 5.10 Å². The molecule has 0 saturated carbocycles. The minimum absolute atomic E-state index is 0.165. The Hall–Kier alpha value is -3.85. The molecular weight excluding hydrogens is 435 g/mol. The van der Waals surface area contributed by atoms with Crippen LogP contribution in [0, 0.1) is 12.7 Å². The van der Waals surface area contributed by atoms with Crippen LogP contribution >= 0.6 is 0 Å². The Balaban J connectivity index is 1.59. The Morgan fingerprint density at radius 1 is 1.15 bits per heavy atom. The fourth-order valence-electron chi connectivity index (χ4n) is 3.54. The molecule has 9 heteroatoms. The number of benzene rings is 1. The number of nitrogens with zero attached hydrogens (tertiary/aromatic N) is 4. The number of anilines is 1. The van der Waals surface area contributed by atoms with Crippen LogP contribution in [0.2, 0.25) is 0 Å². The number of urea groups is 1. The monoisotopic (exact) mass is 462 g/mol. The maximum absolute atomic E-state index is 13.9. The SMILES string of the molecule is Cc1cc(-c2nc3cccnn3c2-c2ccnc(NC(=O)NCCCOC(C)C)c2)ccc1F. The van der Waals surface area contributed by atoms with Crippen LogP contribution in [-0.2, 0) is 4.74 Å². The van der Waals surface area contributed by atoms with Gasteiger partial charge in [0.2, 0.25) is 0 Å². The molecule has 0 spiro atoms. The summed E-state index contributed by atoms with van der Waals surface area (Å²) in [6.07, 6.45) is 4.17. The number of carbonyl (C=O) groups is 1. The molecule has 4 rings (SSSR count). The van der Waals surface area contributed by atoms with Gasteiger partial charge in [-0.05, 0) is 75.2 Å². The molecule has 0 radical (unpaired) electrons. The van der Waals surface area contributed by atoms with E-state index in [4.69, 9.17) is 9.72 Å². The first kappa shape index (κ1) is 23.3. The summed E-state index contributed by atoms with van der Waals surface area (Å²) in [5.41, 5.74) is 4.10. The minimum Gasteiger partial charge on any atom is -0.379 e. The van der Waals surface area contributed by atoms with E-state index < -0.39 is 0 Å². The number of halogens is 1. The number of aryl methyl sites for hydroxylation is 1. The average molecular weight is 463 g/mol. The summed E-state index contributed by atoms with van der Waals surface area (Å²) in [5.74, 6) is 0.116. The molecule has 4 aromatic rings. The van der Waals surface area contributed by atoms with Crippen LogP contribution in [0.25, 0.3) is 28.2 Å². The molecule has 0 aliphatic heterocycles. The normalized spacial score (nSPS) is 11.2. The van der Waals surface area contributed by atoms with E-state index in [1.807, 2.05) is 32.0 Å². The van der Waals surface area contributed by atoms with Crippen LogP contribution in [0.15, 0.2) is 54.9 Å². The summed E-state index contributed by atoms with van der Waals surface area (Å²) in [4.78, 5) is 21.3. The molecule has 176 valence electrons. The number of ether oxygens (including phenoxy) is 1. The maximum Gasteiger partial charge on any atom is 0.320 e. The standard InChI is InChI=1S/C25H27FN6O2/c1-16(2)34-13-5-10-28-25(33)30-21-15-19(9-12-27-21)24-23(18-7-8-20(26)17(3)14-18)31-22-6-4-11-29-32(22)24/h4,6-9,11-12,14-16H,5,10,13H2,1-3H3,(H2,27,28,30,33). The first-order valence-corrected chi connectivity index (χ1v) is 11.2. The Labute approximate surface area is 197 Å². The summed E-state index contributed by atoms with van der Waals surface area (Å²) in [5, 5.41) is 10.0. The van der Waals surface area contributed by atoms with Gasteiger partial charge in [0.1, 0.15) is 17.3 Å². The van der Waals surface area contributed by atoms with Crippen molar-refractivity contribution in [3.8, 4) is 22.5 Å². The third-order valence-corrected chi connectivity index (χ3v) is 5.16. The molecular formula is C25H27FN6O2. The molecule has 2 amide bonds. The van der Waals surface area contributed by atoms with Crippen LogP contribution in [-0.4, -0.2) is 44.9 Å². The van der Waals surface area contributed by atoms with E-state index in [1.165, 1.54) is 6.07 Å². The molecule has 34 heavy (non-hydrogen) atoms. The number of amides is 2. The summed E-state index contributed by atoms with van der Waals surface area (Å²) in [6, 6.07) is 11.8. The fourth-order valence-corrected chi connectivity index (χ4v) is 3.54. The second kappa shape index (κ2) is 10.4. The number of rotatable bonds is 8. The number of hydrogen-bond donors (Lipinski definition) is 2. The smallest absolute Gasteiger partial charge is 0.320 e. The minimum atomic E-state index is -0.347. The van der Waals surface area contributed by atoms with Crippen molar-refractivity contribution in [1.82, 2.24) is 24.9 Å². The summed E-state index contributed by atoms with van der Waals surface area (Å²) in [6.45, 7) is 6.73. The zero-order chi connectivity index (χ0) is 24.1. The van der Waals surface area contributed by atoms with Gasteiger partial charge in [0.05, 0.1) is 11.8 Å². The fraction of sp³-hybridized carbons (Fsp3) is 0.280. The lowest BCUT2D eigenvalue weighted by Gasteiger charge is -2.10. The second-order valence-electron chi connectivity index (χ2n) is 8.15. The van der Waals surface area contributed by atoms with Gasteiger partial charge < -0.3 is 10.1 Å². The molecule has 1 aromatic carbocycles. The van der Waals surface area contributed by atoms with Gasteiger partial charge in [-0.3, -0.25) is 5.32 Å². The quantitative estimate of drug-likeness (QED) is 0.366. The van der Waals surface area contributed by atoms with Crippen molar-refractivity contribution in [1.29, 1.82) is 0 Å². The molecule has 0 aliphatic carbocycles. The van der Waals surface area contributed by atoms with Gasteiger partial charge in [-0.1, -0.05) is 0 Å². The third-order valence-electron chi connectivity index (χ3n) is 5.16. The maximum atomic E-state index is 13.9. The van der Waals surface area contributed by atoms with E-state index >= 15 is 0 Å². The highest BCUT2D eigenvalue weighted by molar-refractivity contribution is 5.89. The molecule has 8 nitrogen and oxygen atoms in total. The highest BCUT2D eigenvalue weighted by atomic mass is 19.1. The Bertz CT molecular complexity index is 1300. The van der Waals surface area contributed by atoms with E-state index in [0.717, 1.165) is 16.8 Å². The number of imidazole rings is 1. The van der Waals surface area contributed by atoms with E-state index in [2.05, 4.69) is 20.7 Å². The van der Waals surface area contributed by atoms with Gasteiger partial charge in [0.15, 0.2) is 5.65 Å². The average Bonchev–Trinajstić information content (AvgIpc) is 3.20. The molecule has 3 aromatic heterocycles. The Morgan fingerprint density at radius 2 is 2.00 bits per heavy atom. The first-order chi connectivity index (χ1) is 16.4. The van der Waals surface area contributed by atoms with Crippen LogP contribution in [0.4, 0.5) is 15.0 Å². The van der Waals surface area contributed by atoms with E-state index in [0.29, 0.717) is 42.3 Å². The number of pyridine rings is 1. The van der Waals surface area contributed by atoms with Crippen molar-refractivity contribution >= 4 is 17.5 Å². The van der Waals surface area contributed by atoms with Gasteiger partial charge in [-0.25, -0.2) is 23.7 Å². The number of aromatic nitrogens is 4. The summed E-state index contributed by atoms with van der Waals surface area (Å²) >= 11 is 0. The number of fused-ring (bicyclic) bond motifs is 1. The van der Waals surface area contributed by atoms with Crippen molar-refractivity contribution in [3.63, 3.8) is 0 Å². The van der Waals surface area contributed by atoms with E-state index in [1.54, 1.807) is 42.0 Å². The predicted octanol–water partition coefficient (Wildman–Crippen LogP) is 4.84. The molecule has 0 aliphatic rings. The lowest BCUT2D eigenvalue weighted by molar-refractivity contribution is 0.0775. The van der Waals surface area contributed by atoms with Crippen molar-refractivity contribution in [2.24, 2.45) is 0 Å². The predicted molar refractivity (Wildman–Crippen MR) is 129 cm³/mol. The molecule has 0 bridgehead atoms. The van der Waals surface area contributed by atoms with Gasteiger partial charge in [0.25, 0.3) is 0 Å². The molecule has 0 saturated heterocycles. The second-order valence-corrected chi connectivity index (χ2v) is 8.15. The third kappa shape index (κ3) is 5.37. The Morgan fingerprint density at radius 3 is 2.79 bits per heavy atom. The zero-order valence-corrected chi connectivity index (χ0v) is 19.4. The number of hydrogen-bond acceptors (Lipinski definition) is 5. The zero-order valence-electron chi connectivity index (χ0n) is 19.4. The molecule has 3 heterocycles. The van der Waals surface area contributed by atoms with Gasteiger partial charge in [0, 0.05) is 36.7 Å². The first-order valence-electron chi connectivity index (χ1n) is 11.2. The van der Waals surface area contributed by atoms with Crippen LogP contribution in [0.1, 0.15) is 25.8 Å². The van der Waals surface area contributed by atoms with Crippen LogP contribution in [0.3, 0.4) is 0 Å². The van der Waals surface area contributed by atoms with Gasteiger partial charge >= 0.3 is 6.03 Å². The molecule has 0 atom stereocenters. The topological polar surface area (TPSA) is 93.4 Å². The van der Waals surface area contributed by atoms with Crippen LogP contribution < -0.4 is 10.6 Å². The van der Waals surface area contributed by atoms with Crippen molar-refractivity contribution < 1.29 is 13.9 Å². The van der Waals surface area contributed by atoms with Crippen molar-refractivity contribution in [3.05, 3.63) is 66.2 Å². The Kier molecular flexibility index (Phi) is 7.12. The highest BCUT2D eigenvalue weighted by Crippen LogP contribution is 2.33. The van der Waals surface area contributed by atoms with Gasteiger partial charge in [-0.15, -0.1) is 0 Å². The number of carbonyl (C=O) groups excluding carboxylic acids is 1. The summed E-state index contributed by atoms with van der Waals surface area (Å²) < 4.78 is 21.1. The lowest BCUT2D eigenvalue weighted by atomic mass is 10.0. The summed E-state index contributed by atoms with van der Waals surface area (Å²) in [7, 11) is 0. The molecule has 0 fully saturated rings. The van der Waals surface area contributed by atoms with Crippen molar-refractivity contribution in [2.75, 3.05) is 18.5 Å². The largest absolute Gasteiger partial charge is 0.379 e. The number of nitrogens with one attached hydrogen (secondary N) is 2. The van der Waals surface area contributed by atoms with E-state index in [-0.39, 0.29) is 18.0 Å². The van der Waals surface area contributed by atoms with Crippen LogP contribution in [0.5, 0.6) is 0 Å². The van der Waals surface area contributed by atoms with E-state index in [9.17, 15) is 9.18 Å². The highest BCUT2D eigenvalue weighted by Gasteiger charge is 2.18. The lowest BCUT2D eigenvalue weighted by Crippen LogP contribution is -2.30. The molecule has 2 N–H and O–H groups in total. The molecule has 0 unspecified atom stereocenters.